The molecule has 0 aromatic heterocycles. The lowest BCUT2D eigenvalue weighted by atomic mass is 9.91. The molecule has 0 atom stereocenters. The van der Waals surface area contributed by atoms with Gasteiger partial charge >= 0.3 is 0 Å². The molecule has 1 heterocycles. The van der Waals surface area contributed by atoms with E-state index in [0.29, 0.717) is 5.75 Å². The van der Waals surface area contributed by atoms with Gasteiger partial charge in [0.2, 0.25) is 0 Å². The Bertz CT molecular complexity index is 380. The van der Waals surface area contributed by atoms with Gasteiger partial charge in [-0.3, -0.25) is 0 Å². The molecule has 106 valence electrons. The summed E-state index contributed by atoms with van der Waals surface area (Å²) in [6.45, 7) is 2.48. The van der Waals surface area contributed by atoms with Crippen LogP contribution in [0, 0.1) is 5.92 Å². The first-order valence-electron chi connectivity index (χ1n) is 6.83. The molecular formula is C15H21F2NO. The predicted molar refractivity (Wildman–Crippen MR) is 71.9 cm³/mol. The number of benzene rings is 1. The smallest absolute Gasteiger partial charge is 0.278 e. The van der Waals surface area contributed by atoms with Crippen LogP contribution in [0.5, 0.6) is 5.75 Å². The van der Waals surface area contributed by atoms with Crippen molar-refractivity contribution in [3.05, 3.63) is 29.8 Å². The van der Waals surface area contributed by atoms with Gasteiger partial charge in [-0.15, -0.1) is 0 Å². The van der Waals surface area contributed by atoms with Gasteiger partial charge in [-0.2, -0.15) is 0 Å². The Morgan fingerprint density at radius 3 is 2.42 bits per heavy atom. The molecule has 1 aromatic rings. The number of hydrogen-bond acceptors (Lipinski definition) is 2. The molecule has 0 spiro atoms. The zero-order valence-electron chi connectivity index (χ0n) is 11.3. The molecule has 0 bridgehead atoms. The Balaban J connectivity index is 1.83. The van der Waals surface area contributed by atoms with E-state index in [-0.39, 0.29) is 0 Å². The molecule has 2 nitrogen and oxygen atoms in total. The van der Waals surface area contributed by atoms with Crippen molar-refractivity contribution < 1.29 is 13.5 Å². The number of hydrogen-bond donors (Lipinski definition) is 1. The van der Waals surface area contributed by atoms with Crippen LogP contribution in [-0.2, 0) is 6.42 Å². The predicted octanol–water partition coefficient (Wildman–Crippen LogP) is 3.26. The van der Waals surface area contributed by atoms with Crippen molar-refractivity contribution in [3.8, 4) is 5.75 Å². The molecule has 4 heteroatoms. The summed E-state index contributed by atoms with van der Waals surface area (Å²) in [6, 6.07) is 7.51. The van der Waals surface area contributed by atoms with E-state index in [4.69, 9.17) is 4.74 Å². The van der Waals surface area contributed by atoms with Crippen molar-refractivity contribution in [2.45, 2.75) is 32.1 Å². The Labute approximate surface area is 113 Å². The van der Waals surface area contributed by atoms with E-state index >= 15 is 0 Å². The summed E-state index contributed by atoms with van der Waals surface area (Å²) in [4.78, 5) is 0. The van der Waals surface area contributed by atoms with Gasteiger partial charge in [0, 0.05) is 6.92 Å². The maximum Gasteiger partial charge on any atom is 0.278 e. The monoisotopic (exact) mass is 269 g/mol. The molecule has 2 rings (SSSR count). The fourth-order valence-corrected chi connectivity index (χ4v) is 2.35. The summed E-state index contributed by atoms with van der Waals surface area (Å²) in [5, 5.41) is 3.35. The van der Waals surface area contributed by atoms with E-state index in [1.165, 1.54) is 18.4 Å². The van der Waals surface area contributed by atoms with Crippen molar-refractivity contribution >= 4 is 0 Å². The highest BCUT2D eigenvalue weighted by Crippen LogP contribution is 2.21. The maximum atomic E-state index is 12.7. The van der Waals surface area contributed by atoms with Gasteiger partial charge in [0.25, 0.3) is 5.92 Å². The molecule has 1 saturated heterocycles. The number of alkyl halides is 2. The summed E-state index contributed by atoms with van der Waals surface area (Å²) in [5.74, 6) is -1.54. The van der Waals surface area contributed by atoms with Crippen molar-refractivity contribution in [2.24, 2.45) is 5.92 Å². The zero-order valence-corrected chi connectivity index (χ0v) is 11.3. The molecule has 1 aliphatic heterocycles. The second-order valence-electron chi connectivity index (χ2n) is 5.40. The van der Waals surface area contributed by atoms with Gasteiger partial charge < -0.3 is 10.1 Å². The van der Waals surface area contributed by atoms with E-state index in [9.17, 15) is 8.78 Å². The zero-order chi connectivity index (χ0) is 13.7. The highest BCUT2D eigenvalue weighted by Gasteiger charge is 2.22. The van der Waals surface area contributed by atoms with Crippen LogP contribution in [0.2, 0.25) is 0 Å². The van der Waals surface area contributed by atoms with Crippen molar-refractivity contribution in [2.75, 3.05) is 19.7 Å². The summed E-state index contributed by atoms with van der Waals surface area (Å²) >= 11 is 0. The fourth-order valence-electron chi connectivity index (χ4n) is 2.35. The highest BCUT2D eigenvalue weighted by atomic mass is 19.3. The normalized spacial score (nSPS) is 17.4. The molecule has 1 N–H and O–H groups in total. The Hall–Kier alpha value is -1.16. The molecule has 0 saturated carbocycles. The van der Waals surface area contributed by atoms with Gasteiger partial charge in [0.1, 0.15) is 5.75 Å². The standard InChI is InChI=1S/C15H21F2NO/c1-15(16,17)11-19-14-4-2-12(3-5-14)10-13-6-8-18-9-7-13/h2-5,13,18H,6-11H2,1H3. The van der Waals surface area contributed by atoms with Crippen LogP contribution in [0.25, 0.3) is 0 Å². The van der Waals surface area contributed by atoms with Crippen LogP contribution < -0.4 is 10.1 Å². The van der Waals surface area contributed by atoms with Gasteiger partial charge in [-0.05, 0) is 56.0 Å². The van der Waals surface area contributed by atoms with Crippen LogP contribution in [0.4, 0.5) is 8.78 Å². The quantitative estimate of drug-likeness (QED) is 0.886. The molecule has 1 aliphatic rings. The molecular weight excluding hydrogens is 248 g/mol. The first-order chi connectivity index (χ1) is 9.03. The lowest BCUT2D eigenvalue weighted by molar-refractivity contribution is -0.0229. The summed E-state index contributed by atoms with van der Waals surface area (Å²) in [5.41, 5.74) is 1.25. The largest absolute Gasteiger partial charge is 0.487 e. The first-order valence-corrected chi connectivity index (χ1v) is 6.83. The molecule has 19 heavy (non-hydrogen) atoms. The molecule has 1 fully saturated rings. The van der Waals surface area contributed by atoms with Crippen LogP contribution in [-0.4, -0.2) is 25.6 Å². The van der Waals surface area contributed by atoms with Crippen LogP contribution in [0.15, 0.2) is 24.3 Å². The minimum Gasteiger partial charge on any atom is -0.487 e. The Morgan fingerprint density at radius 2 is 1.84 bits per heavy atom. The van der Waals surface area contributed by atoms with Crippen molar-refractivity contribution in [1.29, 1.82) is 0 Å². The van der Waals surface area contributed by atoms with Crippen molar-refractivity contribution in [1.82, 2.24) is 5.32 Å². The van der Waals surface area contributed by atoms with Gasteiger partial charge in [0.05, 0.1) is 0 Å². The second-order valence-corrected chi connectivity index (χ2v) is 5.40. The average molecular weight is 269 g/mol. The van der Waals surface area contributed by atoms with E-state index < -0.39 is 12.5 Å². The van der Waals surface area contributed by atoms with Crippen LogP contribution in [0.3, 0.4) is 0 Å². The van der Waals surface area contributed by atoms with Crippen LogP contribution >= 0.6 is 0 Å². The molecule has 0 unspecified atom stereocenters. The van der Waals surface area contributed by atoms with Gasteiger partial charge in [0.15, 0.2) is 6.61 Å². The number of ether oxygens (including phenoxy) is 1. The van der Waals surface area contributed by atoms with E-state index in [0.717, 1.165) is 32.4 Å². The maximum absolute atomic E-state index is 12.7. The lowest BCUT2D eigenvalue weighted by Crippen LogP contribution is -2.28. The third-order valence-corrected chi connectivity index (χ3v) is 3.40. The number of halogens is 2. The SMILES string of the molecule is CC(F)(F)COc1ccc(CC2CCNCC2)cc1. The van der Waals surface area contributed by atoms with Gasteiger partial charge in [-0.25, -0.2) is 8.78 Å². The van der Waals surface area contributed by atoms with Gasteiger partial charge in [-0.1, -0.05) is 12.1 Å². The summed E-state index contributed by atoms with van der Waals surface area (Å²) in [6.07, 6.45) is 3.48. The lowest BCUT2D eigenvalue weighted by Gasteiger charge is -2.22. The minimum atomic E-state index is -2.78. The van der Waals surface area contributed by atoms with E-state index in [2.05, 4.69) is 5.32 Å². The Kier molecular flexibility index (Phi) is 4.75. The second kappa shape index (κ2) is 6.33. The first kappa shape index (κ1) is 14.3. The Morgan fingerprint density at radius 1 is 1.21 bits per heavy atom. The molecule has 0 aliphatic carbocycles. The molecule has 1 aromatic carbocycles. The number of piperidine rings is 1. The molecule has 0 amide bonds. The average Bonchev–Trinajstić information content (AvgIpc) is 2.38. The fraction of sp³-hybridized carbons (Fsp3) is 0.600. The minimum absolute atomic E-state index is 0.510. The third-order valence-electron chi connectivity index (χ3n) is 3.40. The highest BCUT2D eigenvalue weighted by molar-refractivity contribution is 5.27. The van der Waals surface area contributed by atoms with Crippen molar-refractivity contribution in [3.63, 3.8) is 0 Å². The van der Waals surface area contributed by atoms with E-state index in [1.54, 1.807) is 12.1 Å². The van der Waals surface area contributed by atoms with E-state index in [1.807, 2.05) is 12.1 Å². The third kappa shape index (κ3) is 5.15. The number of rotatable bonds is 5. The number of nitrogens with one attached hydrogen (secondary N) is 1. The molecule has 0 radical (unpaired) electrons. The summed E-state index contributed by atoms with van der Waals surface area (Å²) in [7, 11) is 0. The topological polar surface area (TPSA) is 21.3 Å². The van der Waals surface area contributed by atoms with Crippen LogP contribution in [0.1, 0.15) is 25.3 Å². The summed E-state index contributed by atoms with van der Waals surface area (Å²) < 4.78 is 30.4.